The van der Waals surface area contributed by atoms with Crippen LogP contribution >= 0.6 is 0 Å². The van der Waals surface area contributed by atoms with E-state index in [1.165, 1.54) is 22.3 Å². The van der Waals surface area contributed by atoms with Crippen molar-refractivity contribution in [2.75, 3.05) is 13.1 Å². The number of nitrogens with zero attached hydrogens (tertiary/aromatic N) is 1. The van der Waals surface area contributed by atoms with Gasteiger partial charge in [0.25, 0.3) is 0 Å². The van der Waals surface area contributed by atoms with Crippen LogP contribution in [-0.4, -0.2) is 31.1 Å². The van der Waals surface area contributed by atoms with Crippen molar-refractivity contribution < 1.29 is 8.42 Å². The molecule has 4 heteroatoms. The Morgan fingerprint density at radius 2 is 1.33 bits per heavy atom. The average molecular weight is 341 g/mol. The maximum Gasteiger partial charge on any atom is 0.217 e. The van der Waals surface area contributed by atoms with Crippen LogP contribution in [-0.2, 0) is 10.0 Å². The third kappa shape index (κ3) is 2.09. The first-order valence-corrected chi connectivity index (χ1v) is 10.3. The summed E-state index contributed by atoms with van der Waals surface area (Å²) in [7, 11) is -3.31. The molecule has 3 aliphatic rings. The van der Waals surface area contributed by atoms with Gasteiger partial charge in [-0.2, -0.15) is 0 Å². The van der Waals surface area contributed by atoms with Gasteiger partial charge in [0.05, 0.1) is 5.25 Å². The van der Waals surface area contributed by atoms with Crippen LogP contribution in [0.3, 0.4) is 0 Å². The highest BCUT2D eigenvalue weighted by Crippen LogP contribution is 2.54. The molecule has 5 rings (SSSR count). The predicted octanol–water partition coefficient (Wildman–Crippen LogP) is 3.71. The summed E-state index contributed by atoms with van der Waals surface area (Å²) in [6.45, 7) is 4.92. The lowest BCUT2D eigenvalue weighted by Gasteiger charge is -2.46. The summed E-state index contributed by atoms with van der Waals surface area (Å²) in [5.41, 5.74) is 5.03. The standard InChI is InChI=1S/C20H23NO2S/c1-3-21(4-2)24(22,23)19-13-18-14-9-5-7-11-16(14)20(19)17-12-8-6-10-15(17)18/h5-12,18-20H,3-4,13H2,1-2H3/t18?,19-,20?/m0/s1. The Morgan fingerprint density at radius 1 is 0.875 bits per heavy atom. The molecule has 0 aromatic heterocycles. The normalized spacial score (nSPS) is 24.7. The summed E-state index contributed by atoms with van der Waals surface area (Å²) in [4.78, 5) is 0. The van der Waals surface area contributed by atoms with E-state index in [0.29, 0.717) is 19.5 Å². The highest BCUT2D eigenvalue weighted by molar-refractivity contribution is 7.89. The lowest BCUT2D eigenvalue weighted by Crippen LogP contribution is -2.47. The zero-order valence-corrected chi connectivity index (χ0v) is 15.0. The zero-order valence-electron chi connectivity index (χ0n) is 14.1. The molecule has 0 unspecified atom stereocenters. The van der Waals surface area contributed by atoms with Crippen molar-refractivity contribution in [3.05, 3.63) is 70.8 Å². The van der Waals surface area contributed by atoms with E-state index >= 15 is 0 Å². The maximum absolute atomic E-state index is 13.3. The van der Waals surface area contributed by atoms with E-state index < -0.39 is 10.0 Å². The Morgan fingerprint density at radius 3 is 1.79 bits per heavy atom. The molecule has 0 amide bonds. The molecular formula is C20H23NO2S. The topological polar surface area (TPSA) is 37.4 Å². The van der Waals surface area contributed by atoms with Gasteiger partial charge in [0.15, 0.2) is 0 Å². The molecule has 2 bridgehead atoms. The van der Waals surface area contributed by atoms with Gasteiger partial charge in [-0.05, 0) is 28.7 Å². The van der Waals surface area contributed by atoms with E-state index in [4.69, 9.17) is 0 Å². The van der Waals surface area contributed by atoms with Gasteiger partial charge >= 0.3 is 0 Å². The van der Waals surface area contributed by atoms with Crippen LogP contribution in [0.4, 0.5) is 0 Å². The Kier molecular flexibility index (Phi) is 3.77. The zero-order chi connectivity index (χ0) is 16.9. The third-order valence-electron chi connectivity index (χ3n) is 5.70. The van der Waals surface area contributed by atoms with Crippen molar-refractivity contribution in [1.29, 1.82) is 0 Å². The summed E-state index contributed by atoms with van der Waals surface area (Å²) < 4.78 is 28.2. The van der Waals surface area contributed by atoms with Crippen LogP contribution in [0.25, 0.3) is 0 Å². The summed E-state index contributed by atoms with van der Waals surface area (Å²) in [6.07, 6.45) is 0.692. The third-order valence-corrected chi connectivity index (χ3v) is 8.17. The molecule has 0 N–H and O–H groups in total. The molecule has 0 heterocycles. The Balaban J connectivity index is 1.91. The molecule has 0 saturated carbocycles. The van der Waals surface area contributed by atoms with Gasteiger partial charge in [-0.25, -0.2) is 12.7 Å². The van der Waals surface area contributed by atoms with Gasteiger partial charge in [-0.1, -0.05) is 62.4 Å². The molecular weight excluding hydrogens is 318 g/mol. The number of fused-ring (bicyclic) bond motifs is 1. The molecule has 0 saturated heterocycles. The first-order valence-electron chi connectivity index (χ1n) is 8.76. The number of hydrogen-bond acceptors (Lipinski definition) is 2. The van der Waals surface area contributed by atoms with Crippen molar-refractivity contribution in [1.82, 2.24) is 4.31 Å². The SMILES string of the molecule is CCN(CC)S(=O)(=O)[C@H]1CC2c3ccccc3C1c1ccccc12. The van der Waals surface area contributed by atoms with Crippen LogP contribution in [0.5, 0.6) is 0 Å². The molecule has 2 aromatic rings. The van der Waals surface area contributed by atoms with Crippen LogP contribution in [0.2, 0.25) is 0 Å². The van der Waals surface area contributed by atoms with Gasteiger partial charge in [0.2, 0.25) is 10.0 Å². The molecule has 2 aromatic carbocycles. The van der Waals surface area contributed by atoms with Crippen molar-refractivity contribution >= 4 is 10.0 Å². The van der Waals surface area contributed by atoms with E-state index in [1.807, 2.05) is 26.0 Å². The predicted molar refractivity (Wildman–Crippen MR) is 96.8 cm³/mol. The second kappa shape index (κ2) is 5.71. The first-order chi connectivity index (χ1) is 11.6. The number of rotatable bonds is 4. The average Bonchev–Trinajstić information content (AvgIpc) is 2.62. The van der Waals surface area contributed by atoms with E-state index in [2.05, 4.69) is 36.4 Å². The molecule has 126 valence electrons. The van der Waals surface area contributed by atoms with Crippen molar-refractivity contribution in [2.45, 2.75) is 37.4 Å². The fourth-order valence-electron chi connectivity index (χ4n) is 4.65. The highest BCUT2D eigenvalue weighted by Gasteiger charge is 2.49. The molecule has 0 spiro atoms. The van der Waals surface area contributed by atoms with E-state index in [9.17, 15) is 8.42 Å². The summed E-state index contributed by atoms with van der Waals surface area (Å²) >= 11 is 0. The van der Waals surface area contributed by atoms with E-state index in [-0.39, 0.29) is 17.1 Å². The van der Waals surface area contributed by atoms with Crippen LogP contribution < -0.4 is 0 Å². The number of benzene rings is 2. The van der Waals surface area contributed by atoms with Crippen molar-refractivity contribution in [3.63, 3.8) is 0 Å². The van der Waals surface area contributed by atoms with Gasteiger partial charge in [0.1, 0.15) is 0 Å². The minimum absolute atomic E-state index is 0.0481. The largest absolute Gasteiger partial charge is 0.217 e. The summed E-state index contributed by atoms with van der Waals surface area (Å²) in [5, 5.41) is -0.354. The quantitative estimate of drug-likeness (QED) is 0.850. The van der Waals surface area contributed by atoms with E-state index in [1.54, 1.807) is 4.31 Å². The minimum atomic E-state index is -3.31. The van der Waals surface area contributed by atoms with Crippen LogP contribution in [0.1, 0.15) is 54.4 Å². The highest BCUT2D eigenvalue weighted by atomic mass is 32.2. The van der Waals surface area contributed by atoms with Gasteiger partial charge < -0.3 is 0 Å². The molecule has 0 aliphatic heterocycles. The molecule has 3 nitrogen and oxygen atoms in total. The second-order valence-electron chi connectivity index (χ2n) is 6.69. The molecule has 24 heavy (non-hydrogen) atoms. The van der Waals surface area contributed by atoms with Crippen molar-refractivity contribution in [2.24, 2.45) is 0 Å². The number of sulfonamides is 1. The Hall–Kier alpha value is -1.65. The van der Waals surface area contributed by atoms with Crippen LogP contribution in [0.15, 0.2) is 48.5 Å². The van der Waals surface area contributed by atoms with Crippen LogP contribution in [0, 0.1) is 0 Å². The summed E-state index contributed by atoms with van der Waals surface area (Å²) in [5.74, 6) is 0.144. The minimum Gasteiger partial charge on any atom is -0.212 e. The fourth-order valence-corrected chi connectivity index (χ4v) is 6.82. The maximum atomic E-state index is 13.3. The lowest BCUT2D eigenvalue weighted by molar-refractivity contribution is 0.410. The van der Waals surface area contributed by atoms with Gasteiger partial charge in [-0.3, -0.25) is 0 Å². The monoisotopic (exact) mass is 341 g/mol. The Labute approximate surface area is 144 Å². The molecule has 1 atom stereocenters. The molecule has 0 fully saturated rings. The Bertz CT molecular complexity index is 823. The molecule has 3 aliphatic carbocycles. The van der Waals surface area contributed by atoms with Gasteiger partial charge in [0, 0.05) is 24.9 Å². The summed E-state index contributed by atoms with van der Waals surface area (Å²) in [6, 6.07) is 16.8. The first kappa shape index (κ1) is 15.9. The second-order valence-corrected chi connectivity index (χ2v) is 8.84. The van der Waals surface area contributed by atoms with Gasteiger partial charge in [-0.15, -0.1) is 0 Å². The smallest absolute Gasteiger partial charge is 0.212 e. The fraction of sp³-hybridized carbons (Fsp3) is 0.400. The molecule has 0 radical (unpaired) electrons. The lowest BCUT2D eigenvalue weighted by atomic mass is 9.63. The van der Waals surface area contributed by atoms with E-state index in [0.717, 1.165) is 0 Å². The van der Waals surface area contributed by atoms with Crippen molar-refractivity contribution in [3.8, 4) is 0 Å². The number of hydrogen-bond donors (Lipinski definition) is 0.